The summed E-state index contributed by atoms with van der Waals surface area (Å²) >= 11 is 5.39. The van der Waals surface area contributed by atoms with Gasteiger partial charge in [-0.25, -0.2) is 0 Å². The van der Waals surface area contributed by atoms with Crippen LogP contribution in [0.15, 0.2) is 75.8 Å². The Morgan fingerprint density at radius 2 is 1.76 bits per heavy atom. The van der Waals surface area contributed by atoms with Gasteiger partial charge in [0.15, 0.2) is 11.6 Å². The third-order valence-corrected chi connectivity index (χ3v) is 9.27. The van der Waals surface area contributed by atoms with E-state index in [1.807, 2.05) is 18.2 Å². The number of ketones is 2. The second-order valence-electron chi connectivity index (χ2n) is 9.81. The highest BCUT2D eigenvalue weighted by Gasteiger charge is 2.56. The second-order valence-corrected chi connectivity index (χ2v) is 11.9. The second kappa shape index (κ2) is 9.30. The number of carbonyl (C=O) groups excluding carboxylic acids is 4. The number of imide groups is 1. The molecule has 4 atom stereocenters. The van der Waals surface area contributed by atoms with Crippen molar-refractivity contribution in [3.63, 3.8) is 0 Å². The molecule has 1 aliphatic heterocycles. The van der Waals surface area contributed by atoms with Gasteiger partial charge in [-0.1, -0.05) is 17.7 Å². The lowest BCUT2D eigenvalue weighted by Gasteiger charge is -2.42. The average Bonchev–Trinajstić information content (AvgIpc) is 3.16. The lowest BCUT2D eigenvalue weighted by Crippen LogP contribution is -2.39. The molecule has 0 spiro atoms. The Labute approximate surface area is 240 Å². The van der Waals surface area contributed by atoms with Gasteiger partial charge in [0.25, 0.3) is 0 Å². The Kier molecular flexibility index (Phi) is 6.18. The van der Waals surface area contributed by atoms with E-state index in [1.54, 1.807) is 24.3 Å². The summed E-state index contributed by atoms with van der Waals surface area (Å²) in [5.74, 6) is -3.25. The summed E-state index contributed by atoms with van der Waals surface area (Å²) in [5, 5.41) is 11.0. The van der Waals surface area contributed by atoms with Gasteiger partial charge in [0.2, 0.25) is 11.8 Å². The zero-order valence-electron chi connectivity index (χ0n) is 20.1. The van der Waals surface area contributed by atoms with Crippen LogP contribution in [0.1, 0.15) is 24.3 Å². The van der Waals surface area contributed by atoms with Gasteiger partial charge in [-0.2, -0.15) is 0 Å². The molecule has 1 fully saturated rings. The summed E-state index contributed by atoms with van der Waals surface area (Å²) in [7, 11) is 1.49. The van der Waals surface area contributed by atoms with E-state index in [-0.39, 0.29) is 40.0 Å². The van der Waals surface area contributed by atoms with Gasteiger partial charge >= 0.3 is 0 Å². The molecule has 1 heterocycles. The van der Waals surface area contributed by atoms with E-state index in [4.69, 9.17) is 4.74 Å². The van der Waals surface area contributed by atoms with Gasteiger partial charge in [0.1, 0.15) is 11.5 Å². The lowest BCUT2D eigenvalue weighted by atomic mass is 9.59. The number of hydrogen-bond donors (Lipinski definition) is 1. The van der Waals surface area contributed by atoms with Crippen molar-refractivity contribution in [2.24, 2.45) is 17.8 Å². The van der Waals surface area contributed by atoms with Gasteiger partial charge < -0.3 is 9.84 Å². The van der Waals surface area contributed by atoms with Crippen LogP contribution in [0.2, 0.25) is 0 Å². The highest BCUT2D eigenvalue weighted by atomic mass is 127. The van der Waals surface area contributed by atoms with E-state index in [9.17, 15) is 24.3 Å². The van der Waals surface area contributed by atoms with Gasteiger partial charge in [-0.15, -0.1) is 0 Å². The molecule has 7 nitrogen and oxygen atoms in total. The Hall–Kier alpha value is -3.05. The average molecular weight is 686 g/mol. The highest BCUT2D eigenvalue weighted by molar-refractivity contribution is 14.1. The first-order valence-corrected chi connectivity index (χ1v) is 14.0. The zero-order chi connectivity index (χ0) is 26.9. The highest BCUT2D eigenvalue weighted by Crippen LogP contribution is 2.56. The summed E-state index contributed by atoms with van der Waals surface area (Å²) in [6, 6.07) is 12.0. The van der Waals surface area contributed by atoms with E-state index in [0.717, 1.165) is 9.14 Å². The number of amides is 2. The first-order valence-electron chi connectivity index (χ1n) is 12.1. The van der Waals surface area contributed by atoms with Crippen molar-refractivity contribution in [3.05, 3.63) is 85.0 Å². The number of anilines is 1. The molecular weight excluding hydrogens is 665 g/mol. The molecule has 2 aromatic rings. The largest absolute Gasteiger partial charge is 0.507 e. The van der Waals surface area contributed by atoms with Crippen LogP contribution in [0.3, 0.4) is 0 Å². The Bertz CT molecular complexity index is 1540. The minimum absolute atomic E-state index is 0.0759. The number of methoxy groups -OCH3 is 1. The van der Waals surface area contributed by atoms with E-state index in [1.165, 1.54) is 24.2 Å². The number of ether oxygens (including phenoxy) is 1. The summed E-state index contributed by atoms with van der Waals surface area (Å²) in [4.78, 5) is 55.3. The molecule has 6 rings (SSSR count). The molecule has 38 heavy (non-hydrogen) atoms. The number of benzene rings is 2. The number of carbonyl (C=O) groups is 4. The maximum Gasteiger partial charge on any atom is 0.238 e. The van der Waals surface area contributed by atoms with Crippen LogP contribution in [0, 0.1) is 21.3 Å². The van der Waals surface area contributed by atoms with Crippen LogP contribution in [-0.2, 0) is 19.2 Å². The molecule has 192 valence electrons. The number of nitrogens with zero attached hydrogens (tertiary/aromatic N) is 1. The predicted molar refractivity (Wildman–Crippen MR) is 151 cm³/mol. The number of rotatable bonds is 3. The molecule has 0 saturated carbocycles. The molecule has 2 aromatic carbocycles. The van der Waals surface area contributed by atoms with E-state index >= 15 is 0 Å². The molecule has 3 aliphatic carbocycles. The summed E-state index contributed by atoms with van der Waals surface area (Å²) in [5.41, 5.74) is 2.38. The number of hydrogen-bond acceptors (Lipinski definition) is 6. The number of fused-ring (bicyclic) bond motifs is 3. The van der Waals surface area contributed by atoms with Crippen molar-refractivity contribution in [2.75, 3.05) is 12.0 Å². The smallest absolute Gasteiger partial charge is 0.238 e. The number of aromatic hydroxyl groups is 1. The molecule has 1 saturated heterocycles. The Morgan fingerprint density at radius 3 is 2.45 bits per heavy atom. The summed E-state index contributed by atoms with van der Waals surface area (Å²) < 4.78 is 6.38. The van der Waals surface area contributed by atoms with Crippen LogP contribution < -0.4 is 9.64 Å². The third kappa shape index (κ3) is 3.73. The number of phenols is 1. The minimum atomic E-state index is -0.723. The van der Waals surface area contributed by atoms with E-state index in [2.05, 4.69) is 38.5 Å². The topological polar surface area (TPSA) is 101 Å². The Balaban J connectivity index is 1.49. The van der Waals surface area contributed by atoms with E-state index < -0.39 is 23.7 Å². The van der Waals surface area contributed by atoms with Crippen molar-refractivity contribution >= 4 is 67.6 Å². The fourth-order valence-corrected chi connectivity index (χ4v) is 7.11. The molecule has 1 N–H and O–H groups in total. The fraction of sp³-hybridized carbons (Fsp3) is 0.241. The molecule has 9 heteroatoms. The van der Waals surface area contributed by atoms with Gasteiger partial charge in [0, 0.05) is 38.3 Å². The van der Waals surface area contributed by atoms with Crippen molar-refractivity contribution in [2.45, 2.75) is 18.8 Å². The third-order valence-electron chi connectivity index (χ3n) is 7.96. The Morgan fingerprint density at radius 1 is 1.03 bits per heavy atom. The molecule has 0 aromatic heterocycles. The lowest BCUT2D eigenvalue weighted by molar-refractivity contribution is -0.123. The standard InChI is InChI=1S/C29H21BrINO6/c1-38-15-6-7-17(22(33)10-15)24-16-8-9-18-25(19(16)11-20-26(24)23(34)12-21(30)27(20)35)29(37)32(28(18)36)14-4-2-13(31)3-5-14/h2-8,10,12,18-19,24-25,33H,9,11H2,1H3/t18-,19+,24+,25-/m0/s1. The molecule has 0 bridgehead atoms. The van der Waals surface area contributed by atoms with Gasteiger partial charge in [-0.3, -0.25) is 24.1 Å². The van der Waals surface area contributed by atoms with Crippen LogP contribution in [0.4, 0.5) is 5.69 Å². The van der Waals surface area contributed by atoms with Crippen LogP contribution in [-0.4, -0.2) is 35.6 Å². The molecule has 2 amide bonds. The van der Waals surface area contributed by atoms with Gasteiger partial charge in [0.05, 0.1) is 29.1 Å². The number of Topliss-reactive ketones (excluding diaryl/α,β-unsaturated/α-hetero) is 1. The maximum atomic E-state index is 13.9. The van der Waals surface area contributed by atoms with E-state index in [0.29, 0.717) is 34.6 Å². The summed E-state index contributed by atoms with van der Waals surface area (Å²) in [6.07, 6.45) is 3.70. The monoisotopic (exact) mass is 685 g/mol. The van der Waals surface area contributed by atoms with Crippen LogP contribution in [0.25, 0.3) is 0 Å². The van der Waals surface area contributed by atoms with Crippen LogP contribution >= 0.6 is 38.5 Å². The molecule has 0 radical (unpaired) electrons. The SMILES string of the molecule is COc1ccc([C@H]2C3=CC[C@@H]4C(=O)N(c5ccc(I)cc5)C(=O)[C@@H]4[C@@H]3CC3=C2C(=O)C=C(Br)C3=O)c(O)c1. The van der Waals surface area contributed by atoms with Crippen molar-refractivity contribution in [1.29, 1.82) is 0 Å². The van der Waals surface area contributed by atoms with Crippen molar-refractivity contribution in [3.8, 4) is 11.5 Å². The zero-order valence-corrected chi connectivity index (χ0v) is 23.9. The number of halogens is 2. The maximum absolute atomic E-state index is 13.9. The first-order chi connectivity index (χ1) is 18.2. The predicted octanol–water partition coefficient (Wildman–Crippen LogP) is 4.97. The molecule has 4 aliphatic rings. The molecule has 0 unspecified atom stereocenters. The van der Waals surface area contributed by atoms with Crippen LogP contribution in [0.5, 0.6) is 11.5 Å². The number of allylic oxidation sites excluding steroid dienone is 6. The van der Waals surface area contributed by atoms with Gasteiger partial charge in [-0.05, 0) is 87.6 Å². The van der Waals surface area contributed by atoms with Crippen molar-refractivity contribution < 1.29 is 29.0 Å². The minimum Gasteiger partial charge on any atom is -0.507 e. The first kappa shape index (κ1) is 25.2. The summed E-state index contributed by atoms with van der Waals surface area (Å²) in [6.45, 7) is 0. The quantitative estimate of drug-likeness (QED) is 0.212. The van der Waals surface area contributed by atoms with Crippen molar-refractivity contribution in [1.82, 2.24) is 0 Å². The molecular formula is C29H21BrINO6. The number of phenolic OH excluding ortho intramolecular Hbond substituents is 1. The fourth-order valence-electron chi connectivity index (χ4n) is 6.30. The normalized spacial score (nSPS) is 26.6.